The Hall–Kier alpha value is -0.249. The van der Waals surface area contributed by atoms with Crippen LogP contribution in [0.5, 0.6) is 17.2 Å². The van der Waals surface area contributed by atoms with E-state index in [-0.39, 0.29) is 0 Å². The van der Waals surface area contributed by atoms with Crippen molar-refractivity contribution in [3.63, 3.8) is 0 Å². The van der Waals surface area contributed by atoms with Gasteiger partial charge in [0, 0.05) is 10.9 Å². The molecule has 0 aliphatic carbocycles. The van der Waals surface area contributed by atoms with E-state index in [1.165, 1.54) is 5.56 Å². The molecule has 32 heavy (non-hydrogen) atoms. The first kappa shape index (κ1) is 29.8. The number of alkyl halides is 1. The summed E-state index contributed by atoms with van der Waals surface area (Å²) in [6.07, 6.45) is 0. The molecule has 0 radical (unpaired) electrons. The van der Waals surface area contributed by atoms with Crippen LogP contribution in [0.15, 0.2) is 12.1 Å². The molecule has 3 nitrogen and oxygen atoms in total. The SMILES string of the molecule is CC[Si](CC)(CC)Oc1ccc(CBr)c(O[Si](CC)(CC)CC)c1O[Si](CC)(CC)CC. The van der Waals surface area contributed by atoms with E-state index >= 15 is 0 Å². The predicted octanol–water partition coefficient (Wildman–Crippen LogP) is 9.73. The first-order chi connectivity index (χ1) is 15.3. The highest BCUT2D eigenvalue weighted by Gasteiger charge is 2.39. The minimum atomic E-state index is -1.91. The molecule has 0 spiro atoms. The fourth-order valence-electron chi connectivity index (χ4n) is 4.55. The molecule has 1 aromatic rings. The first-order valence-corrected chi connectivity index (χ1v) is 21.8. The van der Waals surface area contributed by atoms with Crippen LogP contribution in [0.1, 0.15) is 67.9 Å². The molecule has 0 atom stereocenters. The lowest BCUT2D eigenvalue weighted by Gasteiger charge is -2.37. The lowest BCUT2D eigenvalue weighted by atomic mass is 10.2. The summed E-state index contributed by atoms with van der Waals surface area (Å²) in [4.78, 5) is 0. The lowest BCUT2D eigenvalue weighted by molar-refractivity contribution is 0.433. The molecule has 0 unspecified atom stereocenters. The second-order valence-electron chi connectivity index (χ2n) is 9.05. The van der Waals surface area contributed by atoms with Gasteiger partial charge in [-0.05, 0) is 60.5 Å². The Kier molecular flexibility index (Phi) is 12.6. The highest BCUT2D eigenvalue weighted by atomic mass is 79.9. The topological polar surface area (TPSA) is 27.7 Å². The van der Waals surface area contributed by atoms with Crippen molar-refractivity contribution in [2.24, 2.45) is 0 Å². The molecular formula is C25H49BrO3Si3. The summed E-state index contributed by atoms with van der Waals surface area (Å²) in [6.45, 7) is 20.6. The molecule has 0 saturated heterocycles. The number of hydrogen-bond donors (Lipinski definition) is 0. The van der Waals surface area contributed by atoms with Gasteiger partial charge < -0.3 is 13.3 Å². The van der Waals surface area contributed by atoms with Crippen LogP contribution in [0.3, 0.4) is 0 Å². The Morgan fingerprint density at radius 2 is 0.875 bits per heavy atom. The Morgan fingerprint density at radius 1 is 0.531 bits per heavy atom. The average molecular weight is 562 g/mol. The summed E-state index contributed by atoms with van der Waals surface area (Å²) in [5, 5.41) is 0.761. The zero-order valence-corrected chi connectivity index (χ0v) is 26.9. The van der Waals surface area contributed by atoms with Crippen molar-refractivity contribution in [3.8, 4) is 17.2 Å². The van der Waals surface area contributed by atoms with Crippen LogP contribution >= 0.6 is 15.9 Å². The third kappa shape index (κ3) is 6.66. The molecule has 0 heterocycles. The monoisotopic (exact) mass is 560 g/mol. The molecule has 0 fully saturated rings. The average Bonchev–Trinajstić information content (AvgIpc) is 2.85. The molecule has 186 valence electrons. The van der Waals surface area contributed by atoms with E-state index < -0.39 is 25.0 Å². The van der Waals surface area contributed by atoms with Gasteiger partial charge in [-0.1, -0.05) is 84.3 Å². The van der Waals surface area contributed by atoms with Crippen LogP contribution in [-0.4, -0.2) is 25.0 Å². The van der Waals surface area contributed by atoms with E-state index in [1.807, 2.05) is 0 Å². The molecule has 0 aromatic heterocycles. The van der Waals surface area contributed by atoms with Crippen LogP contribution < -0.4 is 13.3 Å². The number of benzene rings is 1. The van der Waals surface area contributed by atoms with Gasteiger partial charge in [-0.3, -0.25) is 0 Å². The maximum Gasteiger partial charge on any atom is 0.250 e. The quantitative estimate of drug-likeness (QED) is 0.148. The summed E-state index contributed by atoms with van der Waals surface area (Å²) in [6, 6.07) is 14.4. The van der Waals surface area contributed by atoms with Gasteiger partial charge in [0.15, 0.2) is 11.5 Å². The largest absolute Gasteiger partial charge is 0.541 e. The molecular weight excluding hydrogens is 512 g/mol. The van der Waals surface area contributed by atoms with Gasteiger partial charge in [0.05, 0.1) is 0 Å². The molecule has 1 rings (SSSR count). The normalized spacial score (nSPS) is 12.7. The molecule has 0 bridgehead atoms. The van der Waals surface area contributed by atoms with E-state index in [4.69, 9.17) is 13.3 Å². The van der Waals surface area contributed by atoms with E-state index in [2.05, 4.69) is 90.4 Å². The van der Waals surface area contributed by atoms with Crippen molar-refractivity contribution < 1.29 is 13.3 Å². The van der Waals surface area contributed by atoms with Gasteiger partial charge in [0.2, 0.25) is 0 Å². The zero-order chi connectivity index (χ0) is 24.4. The first-order valence-electron chi connectivity index (χ1n) is 13.1. The minimum absolute atomic E-state index is 0.761. The van der Waals surface area contributed by atoms with E-state index in [0.29, 0.717) is 0 Å². The van der Waals surface area contributed by atoms with Crippen molar-refractivity contribution in [2.75, 3.05) is 0 Å². The Morgan fingerprint density at radius 3 is 1.22 bits per heavy atom. The van der Waals surface area contributed by atoms with Crippen LogP contribution in [0.25, 0.3) is 0 Å². The van der Waals surface area contributed by atoms with Crippen LogP contribution in [0.4, 0.5) is 0 Å². The summed E-state index contributed by atoms with van der Waals surface area (Å²) in [7, 11) is -5.64. The minimum Gasteiger partial charge on any atom is -0.541 e. The summed E-state index contributed by atoms with van der Waals surface area (Å²) in [5.74, 6) is 2.81. The maximum atomic E-state index is 7.13. The van der Waals surface area contributed by atoms with Crippen molar-refractivity contribution in [3.05, 3.63) is 17.7 Å². The van der Waals surface area contributed by atoms with Crippen molar-refractivity contribution in [2.45, 2.75) is 122 Å². The second kappa shape index (κ2) is 13.6. The van der Waals surface area contributed by atoms with E-state index in [1.54, 1.807) is 0 Å². The molecule has 1 aromatic carbocycles. The van der Waals surface area contributed by atoms with Gasteiger partial charge in [-0.15, -0.1) is 0 Å². The Bertz CT molecular complexity index is 662. The Balaban J connectivity index is 3.80. The third-order valence-electron chi connectivity index (χ3n) is 8.06. The van der Waals surface area contributed by atoms with Gasteiger partial charge in [0.1, 0.15) is 5.75 Å². The fourth-order valence-corrected chi connectivity index (χ4v) is 12.7. The number of rotatable bonds is 16. The summed E-state index contributed by atoms with van der Waals surface area (Å²) >= 11 is 3.73. The van der Waals surface area contributed by atoms with Gasteiger partial charge in [0.25, 0.3) is 25.0 Å². The summed E-state index contributed by atoms with van der Waals surface area (Å²) in [5.41, 5.74) is 1.18. The molecule has 0 N–H and O–H groups in total. The van der Waals surface area contributed by atoms with Gasteiger partial charge >= 0.3 is 0 Å². The Labute approximate surface area is 210 Å². The molecule has 0 saturated carbocycles. The number of halogens is 1. The van der Waals surface area contributed by atoms with Crippen molar-refractivity contribution >= 4 is 40.9 Å². The smallest absolute Gasteiger partial charge is 0.250 e. The standard InChI is InChI=1S/C25H49BrO3Si3/c1-10-30(11-2,12-3)27-23-20-19-22(21-26)24(28-31(13-4,14-5)15-6)25(23)29-32(16-7,17-8)18-9/h19-20H,10-18,21H2,1-9H3. The maximum absolute atomic E-state index is 7.13. The van der Waals surface area contributed by atoms with Crippen LogP contribution in [-0.2, 0) is 5.33 Å². The zero-order valence-electron chi connectivity index (χ0n) is 22.3. The lowest BCUT2D eigenvalue weighted by Crippen LogP contribution is -2.43. The van der Waals surface area contributed by atoms with E-state index in [0.717, 1.165) is 77.0 Å². The molecule has 0 amide bonds. The van der Waals surface area contributed by atoms with Crippen molar-refractivity contribution in [1.82, 2.24) is 0 Å². The van der Waals surface area contributed by atoms with Gasteiger partial charge in [-0.25, -0.2) is 0 Å². The highest BCUT2D eigenvalue weighted by Crippen LogP contribution is 2.47. The van der Waals surface area contributed by atoms with Crippen LogP contribution in [0.2, 0.25) is 54.4 Å². The summed E-state index contributed by atoms with van der Waals surface area (Å²) < 4.78 is 21.2. The number of hydrogen-bond acceptors (Lipinski definition) is 3. The third-order valence-corrected chi connectivity index (χ3v) is 22.2. The van der Waals surface area contributed by atoms with Gasteiger partial charge in [-0.2, -0.15) is 0 Å². The van der Waals surface area contributed by atoms with Crippen LogP contribution in [0, 0.1) is 0 Å². The molecule has 0 aliphatic rings. The molecule has 0 aliphatic heterocycles. The van der Waals surface area contributed by atoms with Crippen molar-refractivity contribution in [1.29, 1.82) is 0 Å². The highest BCUT2D eigenvalue weighted by molar-refractivity contribution is 9.08. The predicted molar refractivity (Wildman–Crippen MR) is 153 cm³/mol. The second-order valence-corrected chi connectivity index (χ2v) is 23.7. The fraction of sp³-hybridized carbons (Fsp3) is 0.760. The van der Waals surface area contributed by atoms with E-state index in [9.17, 15) is 0 Å². The molecule has 7 heteroatoms.